The molecule has 2 aromatic heterocycles. The van der Waals surface area contributed by atoms with Crippen molar-refractivity contribution in [3.63, 3.8) is 0 Å². The van der Waals surface area contributed by atoms with E-state index in [1.165, 1.54) is 0 Å². The number of aromatic nitrogens is 6. The number of ether oxygens (including phenoxy) is 1. The number of nitrogens with one attached hydrogen (secondary N) is 1. The highest BCUT2D eigenvalue weighted by atomic mass is 16.5. The van der Waals surface area contributed by atoms with E-state index in [0.29, 0.717) is 42.4 Å². The van der Waals surface area contributed by atoms with E-state index in [1.807, 2.05) is 24.3 Å². The van der Waals surface area contributed by atoms with E-state index in [4.69, 9.17) is 10.5 Å². The number of hydrogen-bond donors (Lipinski definition) is 2. The Labute approximate surface area is 186 Å². The molecule has 1 amide bonds. The molecule has 1 aliphatic rings. The number of benzene rings is 1. The summed E-state index contributed by atoms with van der Waals surface area (Å²) in [6.07, 6.45) is 4.21. The lowest BCUT2D eigenvalue weighted by Gasteiger charge is -2.25. The number of carbonyl (C=O) groups is 1. The molecule has 4 rings (SSSR count). The molecule has 0 aliphatic heterocycles. The van der Waals surface area contributed by atoms with Crippen LogP contribution < -0.4 is 15.8 Å². The Morgan fingerprint density at radius 2 is 2.03 bits per heavy atom. The predicted octanol–water partition coefficient (Wildman–Crippen LogP) is 1.89. The number of nitrogens with zero attached hydrogens (tertiary/aromatic N) is 6. The number of tetrazole rings is 1. The molecular formula is C22H28N8O2. The van der Waals surface area contributed by atoms with E-state index in [0.717, 1.165) is 37.0 Å². The van der Waals surface area contributed by atoms with Crippen LogP contribution in [-0.4, -0.2) is 49.2 Å². The van der Waals surface area contributed by atoms with Gasteiger partial charge in [0.2, 0.25) is 5.82 Å². The molecule has 168 valence electrons. The Morgan fingerprint density at radius 1 is 1.22 bits per heavy atom. The first-order valence-corrected chi connectivity index (χ1v) is 10.8. The molecule has 0 spiro atoms. The van der Waals surface area contributed by atoms with Crippen molar-refractivity contribution in [1.29, 1.82) is 0 Å². The minimum Gasteiger partial charge on any atom is -0.497 e. The minimum absolute atomic E-state index is 0.257. The average Bonchev–Trinajstić information content (AvgIpc) is 3.27. The number of carbonyl (C=O) groups excluding carboxylic acids is 1. The van der Waals surface area contributed by atoms with E-state index in [2.05, 4.69) is 30.7 Å². The van der Waals surface area contributed by atoms with Gasteiger partial charge in [0.05, 0.1) is 13.7 Å². The van der Waals surface area contributed by atoms with Gasteiger partial charge in [-0.1, -0.05) is 12.1 Å². The molecule has 1 aliphatic carbocycles. The summed E-state index contributed by atoms with van der Waals surface area (Å²) in [7, 11) is 1.61. The molecule has 1 aromatic carbocycles. The van der Waals surface area contributed by atoms with Gasteiger partial charge in [0.1, 0.15) is 23.0 Å². The van der Waals surface area contributed by atoms with Crippen molar-refractivity contribution in [2.75, 3.05) is 7.11 Å². The van der Waals surface area contributed by atoms with Gasteiger partial charge in [0, 0.05) is 12.6 Å². The smallest absolute Gasteiger partial charge is 0.270 e. The Balaban J connectivity index is 1.43. The third-order valence-corrected chi connectivity index (χ3v) is 5.65. The lowest BCUT2D eigenvalue weighted by atomic mass is 9.86. The molecule has 3 N–H and O–H groups in total. The van der Waals surface area contributed by atoms with E-state index in [9.17, 15) is 4.79 Å². The van der Waals surface area contributed by atoms with Crippen molar-refractivity contribution in [3.05, 3.63) is 47.4 Å². The lowest BCUT2D eigenvalue weighted by molar-refractivity contribution is 0.0945. The van der Waals surface area contributed by atoms with Crippen molar-refractivity contribution in [2.24, 2.45) is 11.7 Å². The average molecular weight is 437 g/mol. The molecule has 0 atom stereocenters. The quantitative estimate of drug-likeness (QED) is 0.573. The largest absolute Gasteiger partial charge is 0.497 e. The maximum Gasteiger partial charge on any atom is 0.270 e. The fourth-order valence-electron chi connectivity index (χ4n) is 3.88. The number of amides is 1. The van der Waals surface area contributed by atoms with E-state index in [1.54, 1.807) is 24.9 Å². The van der Waals surface area contributed by atoms with Crippen LogP contribution in [0.5, 0.6) is 5.75 Å². The lowest BCUT2D eigenvalue weighted by Crippen LogP contribution is -2.28. The van der Waals surface area contributed by atoms with Gasteiger partial charge < -0.3 is 15.8 Å². The van der Waals surface area contributed by atoms with Gasteiger partial charge in [-0.05, 0) is 67.5 Å². The molecule has 1 fully saturated rings. The summed E-state index contributed by atoms with van der Waals surface area (Å²) in [5.41, 5.74) is 7.65. The van der Waals surface area contributed by atoms with Crippen molar-refractivity contribution in [1.82, 2.24) is 35.5 Å². The van der Waals surface area contributed by atoms with E-state index in [-0.39, 0.29) is 11.6 Å². The molecule has 0 bridgehead atoms. The Morgan fingerprint density at radius 3 is 2.81 bits per heavy atom. The van der Waals surface area contributed by atoms with Gasteiger partial charge in [-0.15, -0.1) is 10.2 Å². The topological polar surface area (TPSA) is 134 Å². The maximum atomic E-state index is 12.7. The summed E-state index contributed by atoms with van der Waals surface area (Å²) in [6.45, 7) is 2.80. The van der Waals surface area contributed by atoms with Crippen molar-refractivity contribution < 1.29 is 9.53 Å². The standard InChI is InChI=1S/C22H28N8O2/c1-14-25-19(21-27-29-30(28-21)13-15-6-8-17(23)9-7-15)11-20(26-14)22(31)24-12-16-4-3-5-18(10-16)32-2/h3-5,10-11,15,17H,6-9,12-13,23H2,1-2H3,(H,24,31)/t15-,17-. The second kappa shape index (κ2) is 9.82. The van der Waals surface area contributed by atoms with Gasteiger partial charge in [0.15, 0.2) is 0 Å². The van der Waals surface area contributed by atoms with Gasteiger partial charge >= 0.3 is 0 Å². The van der Waals surface area contributed by atoms with Crippen molar-refractivity contribution in [3.8, 4) is 17.3 Å². The first kappa shape index (κ1) is 21.8. The van der Waals surface area contributed by atoms with Crippen LogP contribution in [0.1, 0.15) is 47.6 Å². The molecule has 1 saturated carbocycles. The van der Waals surface area contributed by atoms with Crippen molar-refractivity contribution in [2.45, 2.75) is 51.7 Å². The Bertz CT molecular complexity index is 1080. The SMILES string of the molecule is COc1cccc(CNC(=O)c2cc(-c3nnn(C[C@H]4CC[C@H](N)CC4)n3)nc(C)n2)c1. The normalized spacial score (nSPS) is 18.3. The zero-order valence-electron chi connectivity index (χ0n) is 18.4. The molecule has 10 nitrogen and oxygen atoms in total. The highest BCUT2D eigenvalue weighted by molar-refractivity contribution is 5.93. The number of nitrogens with two attached hydrogens (primary N) is 1. The molecule has 0 unspecified atom stereocenters. The van der Waals surface area contributed by atoms with Crippen LogP contribution in [0, 0.1) is 12.8 Å². The van der Waals surface area contributed by atoms with Crippen LogP contribution in [-0.2, 0) is 13.1 Å². The third-order valence-electron chi connectivity index (χ3n) is 5.65. The maximum absolute atomic E-state index is 12.7. The number of methoxy groups -OCH3 is 1. The van der Waals surface area contributed by atoms with E-state index >= 15 is 0 Å². The van der Waals surface area contributed by atoms with Crippen LogP contribution in [0.4, 0.5) is 0 Å². The Hall–Kier alpha value is -3.40. The molecule has 0 saturated heterocycles. The van der Waals surface area contributed by atoms with Crippen LogP contribution >= 0.6 is 0 Å². The molecule has 2 heterocycles. The van der Waals surface area contributed by atoms with Crippen LogP contribution in [0.3, 0.4) is 0 Å². The third kappa shape index (κ3) is 5.44. The first-order valence-electron chi connectivity index (χ1n) is 10.8. The number of rotatable bonds is 7. The van der Waals surface area contributed by atoms with Crippen LogP contribution in [0.2, 0.25) is 0 Å². The summed E-state index contributed by atoms with van der Waals surface area (Å²) < 4.78 is 5.22. The monoisotopic (exact) mass is 436 g/mol. The van der Waals surface area contributed by atoms with Gasteiger partial charge in [-0.25, -0.2) is 9.97 Å². The molecule has 0 radical (unpaired) electrons. The van der Waals surface area contributed by atoms with Gasteiger partial charge in [-0.2, -0.15) is 4.80 Å². The highest BCUT2D eigenvalue weighted by Crippen LogP contribution is 2.24. The fourth-order valence-corrected chi connectivity index (χ4v) is 3.88. The Kier molecular flexibility index (Phi) is 6.69. The second-order valence-electron chi connectivity index (χ2n) is 8.17. The molecule has 32 heavy (non-hydrogen) atoms. The zero-order valence-corrected chi connectivity index (χ0v) is 18.4. The molecular weight excluding hydrogens is 408 g/mol. The van der Waals surface area contributed by atoms with Crippen LogP contribution in [0.15, 0.2) is 30.3 Å². The first-order chi connectivity index (χ1) is 15.5. The number of hydrogen-bond acceptors (Lipinski definition) is 8. The predicted molar refractivity (Wildman–Crippen MR) is 118 cm³/mol. The minimum atomic E-state index is -0.300. The van der Waals surface area contributed by atoms with Crippen LogP contribution in [0.25, 0.3) is 11.5 Å². The summed E-state index contributed by atoms with van der Waals surface area (Å²) in [5.74, 6) is 1.78. The van der Waals surface area contributed by atoms with E-state index < -0.39 is 0 Å². The summed E-state index contributed by atoms with van der Waals surface area (Å²) in [5, 5.41) is 15.7. The summed E-state index contributed by atoms with van der Waals surface area (Å²) in [4.78, 5) is 23.0. The zero-order chi connectivity index (χ0) is 22.5. The highest BCUT2D eigenvalue weighted by Gasteiger charge is 2.21. The van der Waals surface area contributed by atoms with Gasteiger partial charge in [-0.3, -0.25) is 4.79 Å². The number of aryl methyl sites for hydroxylation is 1. The van der Waals surface area contributed by atoms with Crippen molar-refractivity contribution >= 4 is 5.91 Å². The fraction of sp³-hybridized carbons (Fsp3) is 0.455. The summed E-state index contributed by atoms with van der Waals surface area (Å²) in [6, 6.07) is 9.43. The molecule has 10 heteroatoms. The second-order valence-corrected chi connectivity index (χ2v) is 8.17. The summed E-state index contributed by atoms with van der Waals surface area (Å²) >= 11 is 0. The van der Waals surface area contributed by atoms with Gasteiger partial charge in [0.25, 0.3) is 5.91 Å². The molecule has 3 aromatic rings.